The van der Waals surface area contributed by atoms with Gasteiger partial charge in [-0.2, -0.15) is 15.2 Å². The maximum absolute atomic E-state index is 12.1. The lowest BCUT2D eigenvalue weighted by atomic mass is 10.2. The van der Waals surface area contributed by atoms with E-state index in [9.17, 15) is 9.59 Å². The molecule has 0 fully saturated rings. The van der Waals surface area contributed by atoms with Gasteiger partial charge in [0.15, 0.2) is 11.8 Å². The number of hydrogen-bond acceptors (Lipinski definition) is 8. The number of amides is 2. The van der Waals surface area contributed by atoms with Crippen LogP contribution in [0.15, 0.2) is 70.0 Å². The number of carbonyl (C=O) groups excluding carboxylic acids is 2. The topological polar surface area (TPSA) is 118 Å². The third-order valence-electron chi connectivity index (χ3n) is 4.09. The first-order valence-corrected chi connectivity index (χ1v) is 11.9. The smallest absolute Gasteiger partial charge is 0.278 e. The first-order valence-electron chi connectivity index (χ1n) is 10.1. The van der Waals surface area contributed by atoms with Crippen molar-refractivity contribution < 1.29 is 14.3 Å². The van der Waals surface area contributed by atoms with E-state index in [-0.39, 0.29) is 24.1 Å². The van der Waals surface area contributed by atoms with Gasteiger partial charge in [0.05, 0.1) is 18.2 Å². The molecule has 0 aliphatic heterocycles. The molecule has 1 heterocycles. The maximum atomic E-state index is 12.1. The lowest BCUT2D eigenvalue weighted by Crippen LogP contribution is -2.25. The van der Waals surface area contributed by atoms with Crippen LogP contribution in [0.2, 0.25) is 10.0 Å². The Morgan fingerprint density at radius 1 is 0.943 bits per heavy atom. The lowest BCUT2D eigenvalue weighted by molar-refractivity contribution is -0.123. The minimum absolute atomic E-state index is 0.0278. The van der Waals surface area contributed by atoms with Gasteiger partial charge in [-0.25, -0.2) is 15.8 Å². The van der Waals surface area contributed by atoms with Gasteiger partial charge in [-0.1, -0.05) is 71.4 Å². The summed E-state index contributed by atoms with van der Waals surface area (Å²) in [5.74, 6) is -0.599. The van der Waals surface area contributed by atoms with Gasteiger partial charge in [-0.3, -0.25) is 9.59 Å². The Hall–Kier alpha value is -3.47. The maximum Gasteiger partial charge on any atom is 0.278 e. The Bertz CT molecular complexity index is 1160. The molecule has 0 aliphatic carbocycles. The Morgan fingerprint density at radius 2 is 1.51 bits per heavy atom. The van der Waals surface area contributed by atoms with Crippen LogP contribution >= 0.6 is 35.0 Å². The van der Waals surface area contributed by atoms with Crippen LogP contribution in [0.3, 0.4) is 0 Å². The normalized spacial score (nSPS) is 11.1. The third-order valence-corrected chi connectivity index (χ3v) is 5.63. The zero-order valence-corrected chi connectivity index (χ0v) is 20.8. The number of benzene rings is 2. The molecular weight excluding hydrogens is 511 g/mol. The molecule has 0 saturated heterocycles. The van der Waals surface area contributed by atoms with E-state index in [1.165, 1.54) is 12.4 Å². The number of thioether (sulfide) groups is 1. The average Bonchev–Trinajstić information content (AvgIpc) is 2.83. The summed E-state index contributed by atoms with van der Waals surface area (Å²) in [5.41, 5.74) is 6.75. The number of aryl methyl sites for hydroxylation is 1. The summed E-state index contributed by atoms with van der Waals surface area (Å²) in [5, 5.41) is 9.12. The molecular formula is C23H20Cl2N6O3S. The van der Waals surface area contributed by atoms with Gasteiger partial charge in [0.1, 0.15) is 0 Å². The first kappa shape index (κ1) is 26.1. The molecule has 0 bridgehead atoms. The van der Waals surface area contributed by atoms with E-state index in [1.807, 2.05) is 12.1 Å². The SMILES string of the molecule is Cc1cc(OCC(=O)NN=Cc2ccccc2Cl)nc(SCC(=O)NN=Cc2ccccc2Cl)n1. The van der Waals surface area contributed by atoms with Gasteiger partial charge < -0.3 is 4.74 Å². The highest BCUT2D eigenvalue weighted by molar-refractivity contribution is 7.99. The van der Waals surface area contributed by atoms with Crippen molar-refractivity contribution in [3.05, 3.63) is 81.5 Å². The largest absolute Gasteiger partial charge is 0.467 e. The van der Waals surface area contributed by atoms with Crippen molar-refractivity contribution in [2.24, 2.45) is 10.2 Å². The van der Waals surface area contributed by atoms with Gasteiger partial charge in [-0.05, 0) is 19.1 Å². The summed E-state index contributed by atoms with van der Waals surface area (Å²) in [6, 6.07) is 15.8. The van der Waals surface area contributed by atoms with Crippen molar-refractivity contribution in [2.45, 2.75) is 12.1 Å². The fourth-order valence-corrected chi connectivity index (χ4v) is 3.55. The van der Waals surface area contributed by atoms with Crippen molar-refractivity contribution in [3.8, 4) is 5.88 Å². The molecule has 3 rings (SSSR count). The van der Waals surface area contributed by atoms with Crippen molar-refractivity contribution >= 4 is 59.2 Å². The Kier molecular flexibility index (Phi) is 10.0. The second-order valence-corrected chi connectivity index (χ2v) is 8.59. The molecule has 35 heavy (non-hydrogen) atoms. The number of ether oxygens (including phenoxy) is 1. The molecule has 1 aromatic heterocycles. The number of carbonyl (C=O) groups is 2. The van der Waals surface area contributed by atoms with Gasteiger partial charge >= 0.3 is 0 Å². The third kappa shape index (κ3) is 9.01. The Morgan fingerprint density at radius 3 is 2.11 bits per heavy atom. The predicted molar refractivity (Wildman–Crippen MR) is 137 cm³/mol. The summed E-state index contributed by atoms with van der Waals surface area (Å²) in [4.78, 5) is 32.5. The monoisotopic (exact) mass is 530 g/mol. The Labute approximate surface area is 216 Å². The van der Waals surface area contributed by atoms with E-state index in [1.54, 1.807) is 49.4 Å². The number of hydrogen-bond donors (Lipinski definition) is 2. The molecule has 0 aliphatic rings. The fourth-order valence-electron chi connectivity index (χ4n) is 2.49. The molecule has 12 heteroatoms. The summed E-state index contributed by atoms with van der Waals surface area (Å²) in [6.45, 7) is 1.44. The number of hydrazone groups is 2. The van der Waals surface area contributed by atoms with Crippen LogP contribution in [-0.4, -0.2) is 46.6 Å². The highest BCUT2D eigenvalue weighted by Crippen LogP contribution is 2.18. The molecule has 0 spiro atoms. The summed E-state index contributed by atoms with van der Waals surface area (Å²) < 4.78 is 5.43. The van der Waals surface area contributed by atoms with E-state index in [2.05, 4.69) is 31.0 Å². The van der Waals surface area contributed by atoms with Crippen molar-refractivity contribution in [1.29, 1.82) is 0 Å². The van der Waals surface area contributed by atoms with Crippen LogP contribution < -0.4 is 15.6 Å². The standard InChI is InChI=1S/C23H20Cl2N6O3S/c1-15-10-22(34-13-20(32)30-26-11-16-6-2-4-8-18(16)24)29-23(28-15)35-14-21(33)31-27-12-17-7-3-5-9-19(17)25/h2-12H,13-14H2,1H3,(H,30,32)(H,31,33). The molecule has 0 radical (unpaired) electrons. The van der Waals surface area contributed by atoms with Gasteiger partial charge in [0, 0.05) is 32.9 Å². The van der Waals surface area contributed by atoms with Crippen LogP contribution in [0.5, 0.6) is 5.88 Å². The quantitative estimate of drug-likeness (QED) is 0.178. The molecule has 180 valence electrons. The Balaban J connectivity index is 1.45. The second-order valence-electron chi connectivity index (χ2n) is 6.84. The van der Waals surface area contributed by atoms with Crippen LogP contribution in [0.4, 0.5) is 0 Å². The highest BCUT2D eigenvalue weighted by atomic mass is 35.5. The van der Waals surface area contributed by atoms with E-state index in [0.29, 0.717) is 32.0 Å². The minimum Gasteiger partial charge on any atom is -0.467 e. The average molecular weight is 531 g/mol. The summed E-state index contributed by atoms with van der Waals surface area (Å²) in [6.07, 6.45) is 2.90. The lowest BCUT2D eigenvalue weighted by Gasteiger charge is -2.07. The van der Waals surface area contributed by atoms with Gasteiger partial charge in [-0.15, -0.1) is 0 Å². The van der Waals surface area contributed by atoms with Crippen LogP contribution in [-0.2, 0) is 9.59 Å². The van der Waals surface area contributed by atoms with Crippen molar-refractivity contribution in [3.63, 3.8) is 0 Å². The summed E-state index contributed by atoms with van der Waals surface area (Å²) >= 11 is 13.2. The van der Waals surface area contributed by atoms with E-state index < -0.39 is 5.91 Å². The zero-order chi connectivity index (χ0) is 25.0. The number of halogens is 2. The highest BCUT2D eigenvalue weighted by Gasteiger charge is 2.09. The van der Waals surface area contributed by atoms with E-state index in [4.69, 9.17) is 27.9 Å². The zero-order valence-electron chi connectivity index (χ0n) is 18.4. The molecule has 0 atom stereocenters. The molecule has 2 N–H and O–H groups in total. The number of nitrogens with zero attached hydrogens (tertiary/aromatic N) is 4. The van der Waals surface area contributed by atoms with E-state index >= 15 is 0 Å². The van der Waals surface area contributed by atoms with E-state index in [0.717, 1.165) is 11.8 Å². The van der Waals surface area contributed by atoms with Crippen LogP contribution in [0, 0.1) is 6.92 Å². The molecule has 0 unspecified atom stereocenters. The second kappa shape index (κ2) is 13.4. The minimum atomic E-state index is -0.477. The summed E-state index contributed by atoms with van der Waals surface area (Å²) in [7, 11) is 0. The van der Waals surface area contributed by atoms with Gasteiger partial charge in [0.25, 0.3) is 11.8 Å². The van der Waals surface area contributed by atoms with Gasteiger partial charge in [0.2, 0.25) is 5.88 Å². The van der Waals surface area contributed by atoms with Crippen molar-refractivity contribution in [2.75, 3.05) is 12.4 Å². The number of aromatic nitrogens is 2. The van der Waals surface area contributed by atoms with Crippen LogP contribution in [0.1, 0.15) is 16.8 Å². The fraction of sp³-hybridized carbons (Fsp3) is 0.130. The molecule has 0 saturated carbocycles. The molecule has 3 aromatic rings. The molecule has 2 amide bonds. The van der Waals surface area contributed by atoms with Crippen molar-refractivity contribution in [1.82, 2.24) is 20.8 Å². The number of rotatable bonds is 10. The first-order chi connectivity index (χ1) is 16.9. The number of nitrogens with one attached hydrogen (secondary N) is 2. The molecule has 2 aromatic carbocycles. The predicted octanol–water partition coefficient (Wildman–Crippen LogP) is 3.86. The molecule has 9 nitrogen and oxygen atoms in total. The van der Waals surface area contributed by atoms with Crippen LogP contribution in [0.25, 0.3) is 0 Å².